The van der Waals surface area contributed by atoms with Crippen LogP contribution in [0.4, 0.5) is 13.2 Å². The van der Waals surface area contributed by atoms with Crippen LogP contribution < -0.4 is 5.48 Å². The average Bonchev–Trinajstić information content (AvgIpc) is 2.80. The van der Waals surface area contributed by atoms with Gasteiger partial charge in [0.1, 0.15) is 0 Å². The van der Waals surface area contributed by atoms with Crippen molar-refractivity contribution in [1.29, 1.82) is 0 Å². The lowest BCUT2D eigenvalue weighted by Gasteiger charge is -2.05. The first-order valence-corrected chi connectivity index (χ1v) is 5.51. The molecule has 0 bridgehead atoms. The van der Waals surface area contributed by atoms with Gasteiger partial charge in [0.2, 0.25) is 0 Å². The molecule has 0 atom stereocenters. The maximum Gasteiger partial charge on any atom is 0.435 e. The molecule has 0 aliphatic heterocycles. The Labute approximate surface area is 111 Å². The van der Waals surface area contributed by atoms with Gasteiger partial charge in [0.05, 0.1) is 5.69 Å². The first-order chi connectivity index (χ1) is 9.32. The molecule has 0 aliphatic carbocycles. The molecule has 0 saturated heterocycles. The maximum atomic E-state index is 12.6. The van der Waals surface area contributed by atoms with E-state index in [-0.39, 0.29) is 5.56 Å². The van der Waals surface area contributed by atoms with Crippen LogP contribution in [0.2, 0.25) is 0 Å². The molecule has 0 unspecified atom stereocenters. The fourth-order valence-electron chi connectivity index (χ4n) is 1.69. The van der Waals surface area contributed by atoms with E-state index in [9.17, 15) is 18.0 Å². The van der Waals surface area contributed by atoms with Gasteiger partial charge in [-0.05, 0) is 37.3 Å². The minimum absolute atomic E-state index is 0.178. The third-order valence-corrected chi connectivity index (χ3v) is 2.65. The number of hydroxylamine groups is 1. The second kappa shape index (κ2) is 4.97. The van der Waals surface area contributed by atoms with Crippen LogP contribution in [0.5, 0.6) is 0 Å². The van der Waals surface area contributed by atoms with Gasteiger partial charge in [0, 0.05) is 11.3 Å². The summed E-state index contributed by atoms with van der Waals surface area (Å²) >= 11 is 0. The zero-order valence-electron chi connectivity index (χ0n) is 10.3. The van der Waals surface area contributed by atoms with E-state index in [1.807, 2.05) is 0 Å². The fourth-order valence-corrected chi connectivity index (χ4v) is 1.69. The Bertz CT molecular complexity index is 632. The van der Waals surface area contributed by atoms with Gasteiger partial charge in [0.15, 0.2) is 5.69 Å². The van der Waals surface area contributed by atoms with Crippen molar-refractivity contribution >= 4 is 5.91 Å². The molecule has 2 rings (SSSR count). The van der Waals surface area contributed by atoms with Gasteiger partial charge in [-0.15, -0.1) is 0 Å². The SMILES string of the molecule is Cc1cc(C(F)(F)F)nn1-c1ccc(C(=O)NO)cc1. The second-order valence-electron chi connectivity index (χ2n) is 4.07. The highest BCUT2D eigenvalue weighted by Crippen LogP contribution is 2.29. The topological polar surface area (TPSA) is 67.2 Å². The number of carbonyl (C=O) groups is 1. The van der Waals surface area contributed by atoms with Gasteiger partial charge in [0.25, 0.3) is 5.91 Å². The van der Waals surface area contributed by atoms with Gasteiger partial charge in [-0.3, -0.25) is 10.0 Å². The zero-order valence-corrected chi connectivity index (χ0v) is 10.3. The quantitative estimate of drug-likeness (QED) is 0.657. The van der Waals surface area contributed by atoms with E-state index in [1.165, 1.54) is 36.7 Å². The molecule has 1 aromatic heterocycles. The third-order valence-electron chi connectivity index (χ3n) is 2.65. The molecule has 20 heavy (non-hydrogen) atoms. The van der Waals surface area contributed by atoms with Crippen LogP contribution >= 0.6 is 0 Å². The summed E-state index contributed by atoms with van der Waals surface area (Å²) < 4.78 is 38.8. The smallest absolute Gasteiger partial charge is 0.288 e. The Morgan fingerprint density at radius 2 is 1.90 bits per heavy atom. The Balaban J connectivity index is 2.37. The predicted molar refractivity (Wildman–Crippen MR) is 62.6 cm³/mol. The monoisotopic (exact) mass is 285 g/mol. The summed E-state index contributed by atoms with van der Waals surface area (Å²) in [6.07, 6.45) is -4.51. The summed E-state index contributed by atoms with van der Waals surface area (Å²) in [5.41, 5.74) is 1.36. The van der Waals surface area contributed by atoms with Crippen molar-refractivity contribution in [2.24, 2.45) is 0 Å². The number of amides is 1. The van der Waals surface area contributed by atoms with Gasteiger partial charge in [-0.1, -0.05) is 0 Å². The van der Waals surface area contributed by atoms with E-state index < -0.39 is 17.8 Å². The summed E-state index contributed by atoms with van der Waals surface area (Å²) in [5.74, 6) is -0.704. The Kier molecular flexibility index (Phi) is 3.49. The molecule has 2 aromatic rings. The molecule has 0 fully saturated rings. The molecule has 2 N–H and O–H groups in total. The number of aryl methyl sites for hydroxylation is 1. The number of benzene rings is 1. The number of nitrogens with one attached hydrogen (secondary N) is 1. The van der Waals surface area contributed by atoms with Gasteiger partial charge < -0.3 is 0 Å². The summed E-state index contributed by atoms with van der Waals surface area (Å²) in [6.45, 7) is 1.50. The van der Waals surface area contributed by atoms with E-state index in [4.69, 9.17) is 5.21 Å². The minimum atomic E-state index is -4.51. The number of halogens is 3. The highest BCUT2D eigenvalue weighted by Gasteiger charge is 2.34. The van der Waals surface area contributed by atoms with E-state index >= 15 is 0 Å². The number of carbonyl (C=O) groups excluding carboxylic acids is 1. The van der Waals surface area contributed by atoms with E-state index in [0.717, 1.165) is 10.7 Å². The number of hydrogen-bond donors (Lipinski definition) is 2. The summed E-state index contributed by atoms with van der Waals surface area (Å²) in [5, 5.41) is 12.0. The number of hydrogen-bond acceptors (Lipinski definition) is 3. The standard InChI is InChI=1S/C12H10F3N3O2/c1-7-6-10(12(13,14)15)16-18(7)9-4-2-8(3-5-9)11(19)17-20/h2-6,20H,1H3,(H,17,19). The van der Waals surface area contributed by atoms with Crippen LogP contribution in [0.1, 0.15) is 21.7 Å². The number of alkyl halides is 3. The molecular formula is C12H10F3N3O2. The third kappa shape index (κ3) is 2.64. The Morgan fingerprint density at radius 1 is 1.30 bits per heavy atom. The number of nitrogens with zero attached hydrogens (tertiary/aromatic N) is 2. The zero-order chi connectivity index (χ0) is 14.9. The number of aromatic nitrogens is 2. The van der Waals surface area contributed by atoms with Crippen molar-refractivity contribution in [3.63, 3.8) is 0 Å². The van der Waals surface area contributed by atoms with Gasteiger partial charge >= 0.3 is 6.18 Å². The molecule has 1 aromatic carbocycles. The molecular weight excluding hydrogens is 275 g/mol. The first-order valence-electron chi connectivity index (χ1n) is 5.51. The molecule has 5 nitrogen and oxygen atoms in total. The summed E-state index contributed by atoms with van der Waals surface area (Å²) in [6, 6.07) is 6.55. The molecule has 106 valence electrons. The van der Waals surface area contributed by atoms with Crippen molar-refractivity contribution in [1.82, 2.24) is 15.3 Å². The molecule has 0 spiro atoms. The van der Waals surface area contributed by atoms with Crippen molar-refractivity contribution in [2.75, 3.05) is 0 Å². The van der Waals surface area contributed by atoms with Crippen LogP contribution in [0, 0.1) is 6.92 Å². The Hall–Kier alpha value is -2.35. The highest BCUT2D eigenvalue weighted by atomic mass is 19.4. The maximum absolute atomic E-state index is 12.6. The second-order valence-corrected chi connectivity index (χ2v) is 4.07. The van der Waals surface area contributed by atoms with Crippen molar-refractivity contribution in [2.45, 2.75) is 13.1 Å². The van der Waals surface area contributed by atoms with Crippen LogP contribution in [-0.4, -0.2) is 20.9 Å². The minimum Gasteiger partial charge on any atom is -0.288 e. The molecule has 0 saturated carbocycles. The van der Waals surface area contributed by atoms with E-state index in [1.54, 1.807) is 0 Å². The van der Waals surface area contributed by atoms with Crippen LogP contribution in [0.15, 0.2) is 30.3 Å². The van der Waals surface area contributed by atoms with Crippen molar-refractivity contribution in [3.8, 4) is 5.69 Å². The lowest BCUT2D eigenvalue weighted by Crippen LogP contribution is -2.18. The lowest BCUT2D eigenvalue weighted by molar-refractivity contribution is -0.141. The lowest BCUT2D eigenvalue weighted by atomic mass is 10.2. The Morgan fingerprint density at radius 3 is 2.35 bits per heavy atom. The average molecular weight is 285 g/mol. The normalized spacial score (nSPS) is 11.4. The van der Waals surface area contributed by atoms with Gasteiger partial charge in [-0.2, -0.15) is 18.3 Å². The fraction of sp³-hybridized carbons (Fsp3) is 0.167. The summed E-state index contributed by atoms with van der Waals surface area (Å²) in [4.78, 5) is 11.1. The molecule has 1 heterocycles. The predicted octanol–water partition coefficient (Wildman–Crippen LogP) is 2.32. The van der Waals surface area contributed by atoms with Crippen LogP contribution in [-0.2, 0) is 6.18 Å². The molecule has 0 aliphatic rings. The number of rotatable bonds is 2. The van der Waals surface area contributed by atoms with Crippen molar-refractivity contribution in [3.05, 3.63) is 47.3 Å². The van der Waals surface area contributed by atoms with Gasteiger partial charge in [-0.25, -0.2) is 10.2 Å². The highest BCUT2D eigenvalue weighted by molar-refractivity contribution is 5.93. The largest absolute Gasteiger partial charge is 0.435 e. The molecule has 1 amide bonds. The van der Waals surface area contributed by atoms with Crippen molar-refractivity contribution < 1.29 is 23.2 Å². The molecule has 8 heteroatoms. The van der Waals surface area contributed by atoms with E-state index in [2.05, 4.69) is 5.10 Å². The van der Waals surface area contributed by atoms with E-state index in [0.29, 0.717) is 11.4 Å². The first kappa shape index (κ1) is 14.1. The van der Waals surface area contributed by atoms with Crippen LogP contribution in [0.3, 0.4) is 0 Å². The molecule has 0 radical (unpaired) electrons. The van der Waals surface area contributed by atoms with Crippen LogP contribution in [0.25, 0.3) is 5.69 Å². The summed E-state index contributed by atoms with van der Waals surface area (Å²) in [7, 11) is 0.